The van der Waals surface area contributed by atoms with E-state index in [4.69, 9.17) is 5.73 Å². The molecule has 0 radical (unpaired) electrons. The number of ketones is 1. The SMILES string of the molecule is CCCCCCNc1cc(N)c(C(=O)C2CC2)s1. The summed E-state index contributed by atoms with van der Waals surface area (Å²) >= 11 is 1.51. The second-order valence-electron chi connectivity index (χ2n) is 5.02. The molecule has 1 aliphatic carbocycles. The molecule has 4 heteroatoms. The lowest BCUT2D eigenvalue weighted by molar-refractivity contribution is 0.0972. The van der Waals surface area contributed by atoms with Crippen LogP contribution in [-0.2, 0) is 0 Å². The maximum atomic E-state index is 12.0. The smallest absolute Gasteiger partial charge is 0.178 e. The zero-order valence-corrected chi connectivity index (χ0v) is 11.8. The summed E-state index contributed by atoms with van der Waals surface area (Å²) in [7, 11) is 0. The van der Waals surface area contributed by atoms with Crippen LogP contribution in [0.4, 0.5) is 10.7 Å². The summed E-state index contributed by atoms with van der Waals surface area (Å²) in [6.45, 7) is 3.18. The predicted octanol–water partition coefficient (Wildman–Crippen LogP) is 3.92. The maximum Gasteiger partial charge on any atom is 0.178 e. The first-order chi connectivity index (χ1) is 8.72. The minimum absolute atomic E-state index is 0.247. The monoisotopic (exact) mass is 266 g/mol. The van der Waals surface area contributed by atoms with Crippen molar-refractivity contribution in [2.45, 2.75) is 45.4 Å². The lowest BCUT2D eigenvalue weighted by atomic mass is 10.2. The number of anilines is 2. The van der Waals surface area contributed by atoms with E-state index < -0.39 is 0 Å². The van der Waals surface area contributed by atoms with E-state index in [0.717, 1.165) is 29.3 Å². The third-order valence-corrected chi connectivity index (χ3v) is 4.39. The van der Waals surface area contributed by atoms with E-state index in [0.29, 0.717) is 5.69 Å². The van der Waals surface area contributed by atoms with Gasteiger partial charge in [-0.15, -0.1) is 11.3 Å². The Morgan fingerprint density at radius 1 is 1.44 bits per heavy atom. The molecule has 0 aromatic carbocycles. The van der Waals surface area contributed by atoms with Gasteiger partial charge in [0, 0.05) is 12.5 Å². The molecular weight excluding hydrogens is 244 g/mol. The van der Waals surface area contributed by atoms with Crippen LogP contribution in [0.15, 0.2) is 6.07 Å². The van der Waals surface area contributed by atoms with Gasteiger partial charge in [-0.05, 0) is 25.3 Å². The Bertz CT molecular complexity index is 410. The molecule has 0 aliphatic heterocycles. The van der Waals surface area contributed by atoms with Gasteiger partial charge in [0.1, 0.15) is 0 Å². The van der Waals surface area contributed by atoms with E-state index in [-0.39, 0.29) is 11.7 Å². The number of nitrogen functional groups attached to an aromatic ring is 1. The van der Waals surface area contributed by atoms with Crippen molar-refractivity contribution in [1.82, 2.24) is 0 Å². The molecule has 3 N–H and O–H groups in total. The summed E-state index contributed by atoms with van der Waals surface area (Å²) < 4.78 is 0. The summed E-state index contributed by atoms with van der Waals surface area (Å²) in [5.41, 5.74) is 6.56. The molecule has 1 fully saturated rings. The van der Waals surface area contributed by atoms with Crippen LogP contribution in [0.25, 0.3) is 0 Å². The number of Topliss-reactive ketones (excluding diaryl/α,β-unsaturated/α-hetero) is 1. The van der Waals surface area contributed by atoms with Crippen LogP contribution in [0.1, 0.15) is 55.1 Å². The summed E-state index contributed by atoms with van der Waals surface area (Å²) in [6, 6.07) is 1.90. The van der Waals surface area contributed by atoms with Gasteiger partial charge in [0.05, 0.1) is 15.6 Å². The molecule has 0 amide bonds. The number of nitrogens with two attached hydrogens (primary N) is 1. The van der Waals surface area contributed by atoms with Crippen LogP contribution < -0.4 is 11.1 Å². The molecule has 1 aromatic rings. The maximum absolute atomic E-state index is 12.0. The highest BCUT2D eigenvalue weighted by Gasteiger charge is 2.32. The molecule has 0 unspecified atom stereocenters. The van der Waals surface area contributed by atoms with Crippen LogP contribution in [0.3, 0.4) is 0 Å². The number of hydrogen-bond acceptors (Lipinski definition) is 4. The average molecular weight is 266 g/mol. The van der Waals surface area contributed by atoms with E-state index in [1.807, 2.05) is 6.07 Å². The molecule has 1 heterocycles. The Hall–Kier alpha value is -1.03. The van der Waals surface area contributed by atoms with Crippen LogP contribution in [-0.4, -0.2) is 12.3 Å². The predicted molar refractivity (Wildman–Crippen MR) is 78.4 cm³/mol. The lowest BCUT2D eigenvalue weighted by Crippen LogP contribution is -2.01. The van der Waals surface area contributed by atoms with Gasteiger partial charge in [-0.2, -0.15) is 0 Å². The summed E-state index contributed by atoms with van der Waals surface area (Å²) in [5.74, 6) is 0.500. The first-order valence-electron chi connectivity index (χ1n) is 6.89. The highest BCUT2D eigenvalue weighted by molar-refractivity contribution is 7.18. The van der Waals surface area contributed by atoms with E-state index in [9.17, 15) is 4.79 Å². The third kappa shape index (κ3) is 3.48. The second kappa shape index (κ2) is 6.23. The van der Waals surface area contributed by atoms with E-state index in [1.165, 1.54) is 37.0 Å². The Morgan fingerprint density at radius 2 is 2.22 bits per heavy atom. The molecule has 2 rings (SSSR count). The molecular formula is C14H22N2OS. The van der Waals surface area contributed by atoms with Gasteiger partial charge in [-0.1, -0.05) is 26.2 Å². The quantitative estimate of drug-likeness (QED) is 0.554. The fourth-order valence-electron chi connectivity index (χ4n) is 1.98. The zero-order chi connectivity index (χ0) is 13.0. The standard InChI is InChI=1S/C14H22N2OS/c1-2-3-4-5-8-16-12-9-11(15)14(18-12)13(17)10-6-7-10/h9-10,16H,2-8,15H2,1H3. The molecule has 18 heavy (non-hydrogen) atoms. The van der Waals surface area contributed by atoms with Gasteiger partial charge in [0.15, 0.2) is 5.78 Å². The Kier molecular flexibility index (Phi) is 4.64. The van der Waals surface area contributed by atoms with Gasteiger partial charge >= 0.3 is 0 Å². The van der Waals surface area contributed by atoms with Gasteiger partial charge < -0.3 is 11.1 Å². The van der Waals surface area contributed by atoms with Crippen molar-refractivity contribution in [3.63, 3.8) is 0 Å². The van der Waals surface area contributed by atoms with Crippen LogP contribution in [0.2, 0.25) is 0 Å². The molecule has 1 aromatic heterocycles. The summed E-state index contributed by atoms with van der Waals surface area (Å²) in [6.07, 6.45) is 7.06. The second-order valence-corrected chi connectivity index (χ2v) is 6.07. The molecule has 1 saturated carbocycles. The number of thiophene rings is 1. The Morgan fingerprint density at radius 3 is 2.89 bits per heavy atom. The van der Waals surface area contributed by atoms with Crippen molar-refractivity contribution >= 4 is 27.8 Å². The van der Waals surface area contributed by atoms with E-state index in [1.54, 1.807) is 0 Å². The van der Waals surface area contributed by atoms with Crippen LogP contribution >= 0.6 is 11.3 Å². The normalized spacial score (nSPS) is 14.7. The first-order valence-corrected chi connectivity index (χ1v) is 7.71. The Balaban J connectivity index is 1.82. The zero-order valence-electron chi connectivity index (χ0n) is 11.0. The fourth-order valence-corrected chi connectivity index (χ4v) is 3.00. The number of rotatable bonds is 8. The van der Waals surface area contributed by atoms with Gasteiger partial charge in [-0.25, -0.2) is 0 Å². The average Bonchev–Trinajstić information content (AvgIpc) is 3.13. The number of hydrogen-bond donors (Lipinski definition) is 2. The first kappa shape index (κ1) is 13.4. The minimum atomic E-state index is 0.247. The summed E-state index contributed by atoms with van der Waals surface area (Å²) in [5, 5.41) is 4.40. The largest absolute Gasteiger partial charge is 0.397 e. The van der Waals surface area contributed by atoms with Crippen LogP contribution in [0.5, 0.6) is 0 Å². The van der Waals surface area contributed by atoms with Gasteiger partial charge in [0.25, 0.3) is 0 Å². The molecule has 0 saturated heterocycles. The number of nitrogens with one attached hydrogen (secondary N) is 1. The third-order valence-electron chi connectivity index (χ3n) is 3.26. The number of carbonyl (C=O) groups excluding carboxylic acids is 1. The van der Waals surface area contributed by atoms with Gasteiger partial charge in [-0.3, -0.25) is 4.79 Å². The number of unbranched alkanes of at least 4 members (excludes halogenated alkanes) is 3. The summed E-state index contributed by atoms with van der Waals surface area (Å²) in [4.78, 5) is 12.7. The topological polar surface area (TPSA) is 55.1 Å². The van der Waals surface area contributed by atoms with Crippen molar-refractivity contribution in [1.29, 1.82) is 0 Å². The molecule has 0 spiro atoms. The Labute approximate surface area is 113 Å². The molecule has 1 aliphatic rings. The van der Waals surface area contributed by atoms with E-state index in [2.05, 4.69) is 12.2 Å². The molecule has 100 valence electrons. The lowest BCUT2D eigenvalue weighted by Gasteiger charge is -2.02. The van der Waals surface area contributed by atoms with E-state index >= 15 is 0 Å². The fraction of sp³-hybridized carbons (Fsp3) is 0.643. The molecule has 0 atom stereocenters. The molecule has 0 bridgehead atoms. The highest BCUT2D eigenvalue weighted by Crippen LogP contribution is 2.38. The number of carbonyl (C=O) groups is 1. The highest BCUT2D eigenvalue weighted by atomic mass is 32.1. The van der Waals surface area contributed by atoms with Gasteiger partial charge in [0.2, 0.25) is 0 Å². The minimum Gasteiger partial charge on any atom is -0.397 e. The molecule has 3 nitrogen and oxygen atoms in total. The van der Waals surface area contributed by atoms with Crippen molar-refractivity contribution < 1.29 is 4.79 Å². The van der Waals surface area contributed by atoms with Crippen molar-refractivity contribution in [2.75, 3.05) is 17.6 Å². The van der Waals surface area contributed by atoms with Crippen LogP contribution in [0, 0.1) is 5.92 Å². The van der Waals surface area contributed by atoms with Crippen molar-refractivity contribution in [3.05, 3.63) is 10.9 Å². The van der Waals surface area contributed by atoms with Crippen molar-refractivity contribution in [2.24, 2.45) is 5.92 Å². The van der Waals surface area contributed by atoms with Crippen molar-refractivity contribution in [3.8, 4) is 0 Å².